The van der Waals surface area contributed by atoms with Crippen LogP contribution in [-0.2, 0) is 0 Å². The Morgan fingerprint density at radius 1 is 0.724 bits per heavy atom. The molecule has 29 heavy (non-hydrogen) atoms. The van der Waals surface area contributed by atoms with E-state index in [2.05, 4.69) is 4.74 Å². The second-order valence-electron chi connectivity index (χ2n) is 6.20. The van der Waals surface area contributed by atoms with Crippen LogP contribution in [0, 0.1) is 6.92 Å². The molecule has 0 saturated heterocycles. The van der Waals surface area contributed by atoms with Crippen LogP contribution < -0.4 is 14.2 Å². The van der Waals surface area contributed by atoms with E-state index in [0.717, 1.165) is 5.56 Å². The van der Waals surface area contributed by atoms with Crippen molar-refractivity contribution in [2.45, 2.75) is 20.2 Å². The number of benzene rings is 3. The number of ether oxygens (including phenoxy) is 3. The molecule has 0 radical (unpaired) electrons. The number of alkyl halides is 3. The van der Waals surface area contributed by atoms with Crippen LogP contribution in [-0.4, -0.2) is 6.36 Å². The molecule has 0 fully saturated rings. The molecule has 150 valence electrons. The number of allylic oxidation sites excluding steroid dienone is 1. The van der Waals surface area contributed by atoms with E-state index in [9.17, 15) is 13.2 Å². The summed E-state index contributed by atoms with van der Waals surface area (Å²) in [6.45, 7) is 3.87. The van der Waals surface area contributed by atoms with Crippen LogP contribution in [0.1, 0.15) is 18.1 Å². The summed E-state index contributed by atoms with van der Waals surface area (Å²) in [6, 6.07) is 18.2. The molecule has 3 nitrogen and oxygen atoms in total. The first-order valence-corrected chi connectivity index (χ1v) is 8.88. The Morgan fingerprint density at radius 3 is 1.69 bits per heavy atom. The maximum Gasteiger partial charge on any atom is 0.573 e. The Morgan fingerprint density at radius 2 is 1.21 bits per heavy atom. The number of hydrogen-bond donors (Lipinski definition) is 0. The zero-order valence-electron chi connectivity index (χ0n) is 15.9. The minimum Gasteiger partial charge on any atom is -0.457 e. The lowest BCUT2D eigenvalue weighted by molar-refractivity contribution is -0.274. The van der Waals surface area contributed by atoms with Crippen molar-refractivity contribution >= 4 is 6.08 Å². The molecule has 3 aromatic rings. The van der Waals surface area contributed by atoms with Gasteiger partial charge in [0.05, 0.1) is 5.56 Å². The molecule has 0 atom stereocenters. The zero-order valence-corrected chi connectivity index (χ0v) is 15.9. The minimum absolute atomic E-state index is 0.310. The van der Waals surface area contributed by atoms with Crippen LogP contribution in [0.15, 0.2) is 72.8 Å². The maximum atomic E-state index is 12.3. The lowest BCUT2D eigenvalue weighted by Gasteiger charge is -2.14. The van der Waals surface area contributed by atoms with Crippen molar-refractivity contribution in [3.05, 3.63) is 83.9 Å². The molecule has 0 amide bonds. The van der Waals surface area contributed by atoms with Crippen molar-refractivity contribution < 1.29 is 27.4 Å². The van der Waals surface area contributed by atoms with Crippen molar-refractivity contribution in [1.82, 2.24) is 0 Å². The van der Waals surface area contributed by atoms with Gasteiger partial charge in [-0.25, -0.2) is 0 Å². The molecule has 0 aliphatic carbocycles. The predicted octanol–water partition coefficient (Wildman–Crippen LogP) is 7.51. The molecule has 0 unspecified atom stereocenters. The van der Waals surface area contributed by atoms with Crippen LogP contribution in [0.5, 0.6) is 28.7 Å². The highest BCUT2D eigenvalue weighted by Crippen LogP contribution is 2.36. The molecule has 0 N–H and O–H groups in total. The molecule has 3 rings (SSSR count). The summed E-state index contributed by atoms with van der Waals surface area (Å²) >= 11 is 0. The molecule has 0 aliphatic rings. The SMILES string of the molecule is C/C=C/c1c(Oc2ccc(C)cc2)cccc1Oc1ccc(OC(F)(F)F)cc1. The molecular formula is C23H19F3O3. The van der Waals surface area contributed by atoms with Crippen LogP contribution in [0.25, 0.3) is 6.08 Å². The lowest BCUT2D eigenvalue weighted by atomic mass is 10.1. The van der Waals surface area contributed by atoms with Gasteiger partial charge in [0.1, 0.15) is 28.7 Å². The quantitative estimate of drug-likeness (QED) is 0.428. The first kappa shape index (κ1) is 20.3. The van der Waals surface area contributed by atoms with Crippen molar-refractivity contribution in [3.63, 3.8) is 0 Å². The Labute approximate surface area is 167 Å². The van der Waals surface area contributed by atoms with E-state index >= 15 is 0 Å². The van der Waals surface area contributed by atoms with E-state index < -0.39 is 6.36 Å². The van der Waals surface area contributed by atoms with E-state index in [1.54, 1.807) is 12.1 Å². The standard InChI is InChI=1S/C23H19F3O3/c1-3-5-20-21(27-17-10-8-16(2)9-11-17)6-4-7-22(20)28-18-12-14-19(15-13-18)29-23(24,25)26/h3-15H,1-2H3/b5-3+. The van der Waals surface area contributed by atoms with Gasteiger partial charge in [0, 0.05) is 0 Å². The Bertz CT molecular complexity index is 976. The summed E-state index contributed by atoms with van der Waals surface area (Å²) in [7, 11) is 0. The van der Waals surface area contributed by atoms with E-state index in [0.29, 0.717) is 28.6 Å². The van der Waals surface area contributed by atoms with Crippen molar-refractivity contribution in [2.24, 2.45) is 0 Å². The molecule has 6 heteroatoms. The van der Waals surface area contributed by atoms with Gasteiger partial charge in [-0.3, -0.25) is 0 Å². The van der Waals surface area contributed by atoms with Gasteiger partial charge in [-0.15, -0.1) is 13.2 Å². The smallest absolute Gasteiger partial charge is 0.457 e. The fraction of sp³-hybridized carbons (Fsp3) is 0.130. The third kappa shape index (κ3) is 5.78. The molecule has 0 spiro atoms. The van der Waals surface area contributed by atoms with Crippen LogP contribution in [0.3, 0.4) is 0 Å². The number of rotatable bonds is 6. The van der Waals surface area contributed by atoms with Crippen LogP contribution in [0.2, 0.25) is 0 Å². The van der Waals surface area contributed by atoms with Crippen LogP contribution in [0.4, 0.5) is 13.2 Å². The highest BCUT2D eigenvalue weighted by molar-refractivity contribution is 5.65. The zero-order chi connectivity index (χ0) is 20.9. The van der Waals surface area contributed by atoms with E-state index in [-0.39, 0.29) is 5.75 Å². The second-order valence-corrected chi connectivity index (χ2v) is 6.20. The third-order valence-electron chi connectivity index (χ3n) is 3.89. The fourth-order valence-electron chi connectivity index (χ4n) is 2.60. The molecular weight excluding hydrogens is 381 g/mol. The predicted molar refractivity (Wildman–Crippen MR) is 106 cm³/mol. The van der Waals surface area contributed by atoms with Gasteiger partial charge >= 0.3 is 6.36 Å². The molecule has 0 bridgehead atoms. The van der Waals surface area contributed by atoms with E-state index in [4.69, 9.17) is 9.47 Å². The lowest BCUT2D eigenvalue weighted by Crippen LogP contribution is -2.16. The Kier molecular flexibility index (Phi) is 6.12. The average molecular weight is 400 g/mol. The molecule has 0 aromatic heterocycles. The van der Waals surface area contributed by atoms with Gasteiger partial charge in [0.2, 0.25) is 0 Å². The van der Waals surface area contributed by atoms with Gasteiger partial charge in [0.25, 0.3) is 0 Å². The molecule has 0 saturated carbocycles. The second kappa shape index (κ2) is 8.73. The molecule has 3 aromatic carbocycles. The summed E-state index contributed by atoms with van der Waals surface area (Å²) in [5.41, 5.74) is 1.84. The van der Waals surface area contributed by atoms with Crippen molar-refractivity contribution in [2.75, 3.05) is 0 Å². The number of halogens is 3. The number of aryl methyl sites for hydroxylation is 1. The summed E-state index contributed by atoms with van der Waals surface area (Å²) < 4.78 is 52.6. The Hall–Kier alpha value is -3.41. The van der Waals surface area contributed by atoms with Gasteiger partial charge in [0.15, 0.2) is 0 Å². The van der Waals surface area contributed by atoms with Gasteiger partial charge in [-0.1, -0.05) is 35.9 Å². The molecule has 0 heterocycles. The van der Waals surface area contributed by atoms with Gasteiger partial charge in [-0.05, 0) is 62.4 Å². The van der Waals surface area contributed by atoms with Crippen LogP contribution >= 0.6 is 0 Å². The summed E-state index contributed by atoms with van der Waals surface area (Å²) in [4.78, 5) is 0. The maximum absolute atomic E-state index is 12.3. The van der Waals surface area contributed by atoms with Gasteiger partial charge in [-0.2, -0.15) is 0 Å². The van der Waals surface area contributed by atoms with Crippen molar-refractivity contribution in [1.29, 1.82) is 0 Å². The summed E-state index contributed by atoms with van der Waals surface area (Å²) in [5, 5.41) is 0. The first-order chi connectivity index (χ1) is 13.8. The summed E-state index contributed by atoms with van der Waals surface area (Å²) in [5.74, 6) is 1.86. The van der Waals surface area contributed by atoms with Gasteiger partial charge < -0.3 is 14.2 Å². The summed E-state index contributed by atoms with van der Waals surface area (Å²) in [6.07, 6.45) is -1.03. The third-order valence-corrected chi connectivity index (χ3v) is 3.89. The topological polar surface area (TPSA) is 27.7 Å². The minimum atomic E-state index is -4.73. The largest absolute Gasteiger partial charge is 0.573 e. The fourth-order valence-corrected chi connectivity index (χ4v) is 2.60. The molecule has 0 aliphatic heterocycles. The van der Waals surface area contributed by atoms with Crippen molar-refractivity contribution in [3.8, 4) is 28.7 Å². The monoisotopic (exact) mass is 400 g/mol. The number of hydrogen-bond acceptors (Lipinski definition) is 3. The highest BCUT2D eigenvalue weighted by Gasteiger charge is 2.31. The highest BCUT2D eigenvalue weighted by atomic mass is 19.4. The van der Waals surface area contributed by atoms with E-state index in [1.807, 2.05) is 56.3 Å². The normalized spacial score (nSPS) is 11.5. The average Bonchev–Trinajstić information content (AvgIpc) is 2.66. The van der Waals surface area contributed by atoms with E-state index in [1.165, 1.54) is 24.3 Å². The Balaban J connectivity index is 1.84. The first-order valence-electron chi connectivity index (χ1n) is 8.88.